The zero-order valence-corrected chi connectivity index (χ0v) is 17.4. The number of rotatable bonds is 5. The molecule has 2 aromatic rings. The van der Waals surface area contributed by atoms with Gasteiger partial charge in [0.25, 0.3) is 5.91 Å². The topological polar surface area (TPSA) is 109 Å². The van der Waals surface area contributed by atoms with Gasteiger partial charge in [-0.05, 0) is 38.2 Å². The van der Waals surface area contributed by atoms with Crippen molar-refractivity contribution >= 4 is 23.4 Å². The van der Waals surface area contributed by atoms with Gasteiger partial charge in [-0.1, -0.05) is 0 Å². The van der Waals surface area contributed by atoms with E-state index in [2.05, 4.69) is 43.1 Å². The molecule has 0 aliphatic carbocycles. The highest BCUT2D eigenvalue weighted by atomic mass is 16.2. The van der Waals surface area contributed by atoms with E-state index in [4.69, 9.17) is 0 Å². The van der Waals surface area contributed by atoms with E-state index in [0.29, 0.717) is 31.0 Å². The van der Waals surface area contributed by atoms with Gasteiger partial charge in [0.1, 0.15) is 0 Å². The van der Waals surface area contributed by atoms with Crippen molar-refractivity contribution < 1.29 is 9.59 Å². The molecule has 1 saturated heterocycles. The summed E-state index contributed by atoms with van der Waals surface area (Å²) in [5.41, 5.74) is 6.26. The van der Waals surface area contributed by atoms with Crippen LogP contribution in [0, 0.1) is 0 Å². The lowest BCUT2D eigenvalue weighted by Crippen LogP contribution is -2.44. The van der Waals surface area contributed by atoms with Gasteiger partial charge in [-0.15, -0.1) is 0 Å². The van der Waals surface area contributed by atoms with Gasteiger partial charge in [-0.3, -0.25) is 15.3 Å². The van der Waals surface area contributed by atoms with E-state index in [1.165, 1.54) is 0 Å². The number of anilines is 2. The Morgan fingerprint density at radius 2 is 1.83 bits per heavy atom. The molecule has 160 valence electrons. The Kier molecular flexibility index (Phi) is 5.86. The summed E-state index contributed by atoms with van der Waals surface area (Å²) >= 11 is 0. The molecule has 2 aliphatic rings. The first-order valence-electron chi connectivity index (χ1n) is 10.2. The minimum atomic E-state index is -0.248. The van der Waals surface area contributed by atoms with Crippen LogP contribution in [0.4, 0.5) is 16.3 Å². The molecule has 0 saturated carbocycles. The highest BCUT2D eigenvalue weighted by Crippen LogP contribution is 2.26. The molecule has 10 nitrogen and oxygen atoms in total. The Morgan fingerprint density at radius 3 is 2.53 bits per heavy atom. The maximum Gasteiger partial charge on any atom is 0.329 e. The van der Waals surface area contributed by atoms with Gasteiger partial charge in [-0.25, -0.2) is 9.80 Å². The summed E-state index contributed by atoms with van der Waals surface area (Å²) < 4.78 is 0. The zero-order valence-electron chi connectivity index (χ0n) is 17.4. The van der Waals surface area contributed by atoms with Crippen molar-refractivity contribution in [3.05, 3.63) is 41.1 Å². The highest BCUT2D eigenvalue weighted by molar-refractivity contribution is 6.04. The molecule has 4 N–H and O–H groups in total. The maximum atomic E-state index is 12.7. The van der Waals surface area contributed by atoms with Crippen molar-refractivity contribution in [2.24, 2.45) is 0 Å². The molecule has 1 aromatic carbocycles. The lowest BCUT2D eigenvalue weighted by Gasteiger charge is -2.34. The van der Waals surface area contributed by atoms with Crippen molar-refractivity contribution in [3.8, 4) is 0 Å². The van der Waals surface area contributed by atoms with Crippen LogP contribution in [0.1, 0.15) is 28.5 Å². The normalized spacial score (nSPS) is 16.9. The lowest BCUT2D eigenvalue weighted by molar-refractivity contribution is 0.102. The van der Waals surface area contributed by atoms with Crippen LogP contribution in [0.15, 0.2) is 24.3 Å². The number of hydrogen-bond acceptors (Lipinski definition) is 6. The number of benzene rings is 1. The van der Waals surface area contributed by atoms with E-state index in [1.807, 2.05) is 31.2 Å². The van der Waals surface area contributed by atoms with E-state index in [1.54, 1.807) is 5.01 Å². The molecule has 0 spiro atoms. The van der Waals surface area contributed by atoms with Crippen molar-refractivity contribution in [1.29, 1.82) is 0 Å². The Hall–Kier alpha value is -3.11. The van der Waals surface area contributed by atoms with Crippen molar-refractivity contribution in [1.82, 2.24) is 30.8 Å². The third-order valence-corrected chi connectivity index (χ3v) is 5.48. The number of H-pyrrole nitrogens is 1. The van der Waals surface area contributed by atoms with Crippen molar-refractivity contribution in [2.75, 3.05) is 50.0 Å². The minimum Gasteiger partial charge on any atom is -0.369 e. The van der Waals surface area contributed by atoms with Crippen LogP contribution in [0.5, 0.6) is 0 Å². The highest BCUT2D eigenvalue weighted by Gasteiger charge is 2.27. The largest absolute Gasteiger partial charge is 0.369 e. The van der Waals surface area contributed by atoms with E-state index in [9.17, 15) is 9.59 Å². The van der Waals surface area contributed by atoms with Crippen LogP contribution in [0.2, 0.25) is 0 Å². The minimum absolute atomic E-state index is 0.204. The second kappa shape index (κ2) is 8.72. The third kappa shape index (κ3) is 4.39. The predicted molar refractivity (Wildman–Crippen MR) is 114 cm³/mol. The number of hydrazine groups is 1. The Morgan fingerprint density at radius 1 is 1.10 bits per heavy atom. The van der Waals surface area contributed by atoms with E-state index < -0.39 is 0 Å². The number of aromatic amines is 1. The monoisotopic (exact) mass is 412 g/mol. The second-order valence-corrected chi connectivity index (χ2v) is 7.65. The first kappa shape index (κ1) is 20.2. The molecule has 0 atom stereocenters. The van der Waals surface area contributed by atoms with Gasteiger partial charge >= 0.3 is 6.03 Å². The van der Waals surface area contributed by atoms with Crippen LogP contribution in [-0.2, 0) is 13.1 Å². The number of carbonyl (C=O) groups is 2. The third-order valence-electron chi connectivity index (χ3n) is 5.48. The molecule has 1 aromatic heterocycles. The van der Waals surface area contributed by atoms with E-state index in [-0.39, 0.29) is 11.9 Å². The Balaban J connectivity index is 1.36. The molecule has 10 heteroatoms. The number of likely N-dealkylation sites (N-methyl/N-ethyl adjacent to an activating group) is 1. The van der Waals surface area contributed by atoms with Gasteiger partial charge in [0.2, 0.25) is 0 Å². The van der Waals surface area contributed by atoms with Gasteiger partial charge in [0, 0.05) is 56.1 Å². The van der Waals surface area contributed by atoms with Crippen molar-refractivity contribution in [3.63, 3.8) is 0 Å². The fourth-order valence-corrected chi connectivity index (χ4v) is 3.73. The standard InChI is InChI=1S/C20H28N8O2/c1-3-21-20(30)25-28-12-16-17(13-28)23-24-18(16)22-19(29)14-4-6-15(7-5-14)27-10-8-26(2)9-11-27/h4-7H,3,8-13H2,1-2H3,(H2,21,25,30)(H2,22,23,24,29). The number of nitrogens with zero attached hydrogens (tertiary/aromatic N) is 4. The second-order valence-electron chi connectivity index (χ2n) is 7.65. The zero-order chi connectivity index (χ0) is 21.1. The summed E-state index contributed by atoms with van der Waals surface area (Å²) in [5, 5.41) is 14.5. The fraction of sp³-hybridized carbons (Fsp3) is 0.450. The molecule has 3 amide bonds. The molecule has 0 radical (unpaired) electrons. The van der Waals surface area contributed by atoms with Crippen LogP contribution in [0.3, 0.4) is 0 Å². The number of fused-ring (bicyclic) bond motifs is 1. The fourth-order valence-electron chi connectivity index (χ4n) is 3.73. The molecule has 2 aliphatic heterocycles. The first-order valence-corrected chi connectivity index (χ1v) is 10.2. The average Bonchev–Trinajstić information content (AvgIpc) is 3.30. The maximum absolute atomic E-state index is 12.7. The number of amides is 3. The lowest BCUT2D eigenvalue weighted by atomic mass is 10.1. The van der Waals surface area contributed by atoms with Crippen LogP contribution >= 0.6 is 0 Å². The average molecular weight is 412 g/mol. The number of nitrogens with one attached hydrogen (secondary N) is 4. The van der Waals surface area contributed by atoms with Gasteiger partial charge in [-0.2, -0.15) is 5.10 Å². The summed E-state index contributed by atoms with van der Waals surface area (Å²) in [6, 6.07) is 7.43. The van der Waals surface area contributed by atoms with E-state index in [0.717, 1.165) is 43.1 Å². The summed E-state index contributed by atoms with van der Waals surface area (Å²) in [6.07, 6.45) is 0. The molecule has 3 heterocycles. The summed E-state index contributed by atoms with van der Waals surface area (Å²) in [5.74, 6) is 0.294. The van der Waals surface area contributed by atoms with E-state index >= 15 is 0 Å². The van der Waals surface area contributed by atoms with Crippen LogP contribution in [0.25, 0.3) is 0 Å². The summed E-state index contributed by atoms with van der Waals surface area (Å²) in [7, 11) is 2.13. The van der Waals surface area contributed by atoms with Gasteiger partial charge in [0.05, 0.1) is 12.2 Å². The molecule has 1 fully saturated rings. The number of urea groups is 1. The molecular weight excluding hydrogens is 384 g/mol. The summed E-state index contributed by atoms with van der Waals surface area (Å²) in [4.78, 5) is 29.1. The van der Waals surface area contributed by atoms with Gasteiger partial charge < -0.3 is 20.4 Å². The first-order chi connectivity index (χ1) is 14.5. The summed E-state index contributed by atoms with van der Waals surface area (Å²) in [6.45, 7) is 7.46. The molecule has 0 bridgehead atoms. The quantitative estimate of drug-likeness (QED) is 0.583. The van der Waals surface area contributed by atoms with Crippen LogP contribution in [-0.4, -0.2) is 71.8 Å². The number of hydrogen-bond donors (Lipinski definition) is 4. The number of aromatic nitrogens is 2. The van der Waals surface area contributed by atoms with Gasteiger partial charge in [0.15, 0.2) is 5.82 Å². The molecule has 0 unspecified atom stereocenters. The van der Waals surface area contributed by atoms with Crippen molar-refractivity contribution in [2.45, 2.75) is 20.0 Å². The molecule has 30 heavy (non-hydrogen) atoms. The number of piperazine rings is 1. The molecular formula is C20H28N8O2. The smallest absolute Gasteiger partial charge is 0.329 e. The molecule has 4 rings (SSSR count). The Labute approximate surface area is 175 Å². The SMILES string of the molecule is CCNC(=O)NN1Cc2[nH]nc(NC(=O)c3ccc(N4CCN(C)CC4)cc3)c2C1. The number of carbonyl (C=O) groups excluding carboxylic acids is 2. The Bertz CT molecular complexity index is 902. The predicted octanol–water partition coefficient (Wildman–Crippen LogP) is 0.964. The van der Waals surface area contributed by atoms with Crippen LogP contribution < -0.4 is 21.0 Å².